The van der Waals surface area contributed by atoms with E-state index in [0.717, 1.165) is 12.3 Å². The van der Waals surface area contributed by atoms with Crippen molar-refractivity contribution in [3.05, 3.63) is 29.8 Å². The quantitative estimate of drug-likeness (QED) is 0.773. The minimum atomic E-state index is -0.561. The predicted molar refractivity (Wildman–Crippen MR) is 52.8 cm³/mol. The second kappa shape index (κ2) is 5.41. The van der Waals surface area contributed by atoms with Gasteiger partial charge in [-0.2, -0.15) is 0 Å². The Morgan fingerprint density at radius 3 is 2.93 bits per heavy atom. The Morgan fingerprint density at radius 2 is 2.40 bits per heavy atom. The second-order valence-corrected chi connectivity index (χ2v) is 3.13. The first-order valence-corrected chi connectivity index (χ1v) is 4.71. The highest BCUT2D eigenvalue weighted by atomic mass is 19.1. The van der Waals surface area contributed by atoms with Crippen LogP contribution in [-0.4, -0.2) is 28.6 Å². The summed E-state index contributed by atoms with van der Waals surface area (Å²) in [6.45, 7) is 1.99. The van der Waals surface area contributed by atoms with E-state index >= 15 is 0 Å². The van der Waals surface area contributed by atoms with Gasteiger partial charge in [-0.1, -0.05) is 6.92 Å². The van der Waals surface area contributed by atoms with Gasteiger partial charge in [0.25, 0.3) is 5.91 Å². The Hall–Kier alpha value is -1.49. The summed E-state index contributed by atoms with van der Waals surface area (Å²) >= 11 is 0. The monoisotopic (exact) mass is 212 g/mol. The number of nitrogens with zero attached hydrogens (tertiary/aromatic N) is 1. The lowest BCUT2D eigenvalue weighted by Gasteiger charge is -2.08. The van der Waals surface area contributed by atoms with Crippen LogP contribution in [0.5, 0.6) is 0 Å². The molecule has 0 saturated carbocycles. The normalized spacial score (nSPS) is 12.2. The molecule has 0 aliphatic rings. The number of halogens is 1. The molecule has 4 nitrogen and oxygen atoms in total. The zero-order valence-corrected chi connectivity index (χ0v) is 8.40. The molecule has 82 valence electrons. The van der Waals surface area contributed by atoms with E-state index in [1.807, 2.05) is 6.92 Å². The van der Waals surface area contributed by atoms with Crippen LogP contribution in [0.1, 0.15) is 23.8 Å². The Morgan fingerprint density at radius 1 is 1.67 bits per heavy atom. The minimum Gasteiger partial charge on any atom is -0.391 e. The van der Waals surface area contributed by atoms with Crippen LogP contribution in [-0.2, 0) is 0 Å². The third-order valence-electron chi connectivity index (χ3n) is 1.93. The van der Waals surface area contributed by atoms with Crippen LogP contribution in [0.25, 0.3) is 0 Å². The number of carbonyl (C=O) groups excluding carboxylic acids is 1. The van der Waals surface area contributed by atoms with Crippen molar-refractivity contribution >= 4 is 5.91 Å². The number of carbonyl (C=O) groups is 1. The van der Waals surface area contributed by atoms with Gasteiger partial charge in [-0.25, -0.2) is 9.37 Å². The zero-order valence-electron chi connectivity index (χ0n) is 8.40. The summed E-state index contributed by atoms with van der Waals surface area (Å²) in [6.07, 6.45) is 0.983. The third-order valence-corrected chi connectivity index (χ3v) is 1.93. The fourth-order valence-electron chi connectivity index (χ4n) is 0.956. The molecular weight excluding hydrogens is 199 g/mol. The SMILES string of the molecule is CCC(O)CNC(=O)c1ccc(F)cn1. The third kappa shape index (κ3) is 3.63. The number of hydrogen-bond donors (Lipinski definition) is 2. The van der Waals surface area contributed by atoms with Crippen molar-refractivity contribution in [2.45, 2.75) is 19.4 Å². The van der Waals surface area contributed by atoms with Gasteiger partial charge >= 0.3 is 0 Å². The Labute approximate surface area is 87.1 Å². The lowest BCUT2D eigenvalue weighted by Crippen LogP contribution is -2.32. The number of aromatic nitrogens is 1. The summed E-state index contributed by atoms with van der Waals surface area (Å²) < 4.78 is 12.5. The highest BCUT2D eigenvalue weighted by molar-refractivity contribution is 5.92. The van der Waals surface area contributed by atoms with Gasteiger partial charge in [0.05, 0.1) is 12.3 Å². The molecule has 0 fully saturated rings. The van der Waals surface area contributed by atoms with Crippen LogP contribution in [0.2, 0.25) is 0 Å². The van der Waals surface area contributed by atoms with Gasteiger partial charge in [0.2, 0.25) is 0 Å². The van der Waals surface area contributed by atoms with E-state index in [1.54, 1.807) is 0 Å². The van der Waals surface area contributed by atoms with Crippen molar-refractivity contribution in [1.82, 2.24) is 10.3 Å². The lowest BCUT2D eigenvalue weighted by atomic mass is 10.2. The van der Waals surface area contributed by atoms with Crippen LogP contribution in [0.3, 0.4) is 0 Å². The zero-order chi connectivity index (χ0) is 11.3. The fourth-order valence-corrected chi connectivity index (χ4v) is 0.956. The molecule has 1 atom stereocenters. The largest absolute Gasteiger partial charge is 0.391 e. The van der Waals surface area contributed by atoms with Gasteiger partial charge in [0, 0.05) is 6.54 Å². The highest BCUT2D eigenvalue weighted by Gasteiger charge is 2.08. The molecule has 1 aromatic rings. The average Bonchev–Trinajstić information content (AvgIpc) is 2.26. The van der Waals surface area contributed by atoms with E-state index < -0.39 is 17.8 Å². The first kappa shape index (κ1) is 11.6. The van der Waals surface area contributed by atoms with Crippen LogP contribution in [0.4, 0.5) is 4.39 Å². The summed E-state index contributed by atoms with van der Waals surface area (Å²) in [5.41, 5.74) is 0.139. The van der Waals surface area contributed by atoms with Gasteiger partial charge in [0.15, 0.2) is 0 Å². The predicted octanol–water partition coefficient (Wildman–Crippen LogP) is 0.721. The summed E-state index contributed by atoms with van der Waals surface area (Å²) in [4.78, 5) is 15.0. The molecule has 0 saturated heterocycles. The van der Waals surface area contributed by atoms with Gasteiger partial charge in [0.1, 0.15) is 11.5 Å². The van der Waals surface area contributed by atoms with Crippen LogP contribution < -0.4 is 5.32 Å². The number of amides is 1. The topological polar surface area (TPSA) is 62.2 Å². The molecule has 2 N–H and O–H groups in total. The molecule has 0 spiro atoms. The number of nitrogens with one attached hydrogen (secondary N) is 1. The fraction of sp³-hybridized carbons (Fsp3) is 0.400. The second-order valence-electron chi connectivity index (χ2n) is 3.13. The molecule has 0 aliphatic heterocycles. The maximum atomic E-state index is 12.5. The molecule has 0 radical (unpaired) electrons. The van der Waals surface area contributed by atoms with E-state index in [-0.39, 0.29) is 12.2 Å². The Kier molecular flexibility index (Phi) is 4.17. The van der Waals surface area contributed by atoms with Crippen molar-refractivity contribution < 1.29 is 14.3 Å². The van der Waals surface area contributed by atoms with Crippen molar-refractivity contribution in [3.8, 4) is 0 Å². The molecule has 1 aromatic heterocycles. The van der Waals surface area contributed by atoms with Crippen molar-refractivity contribution in [2.75, 3.05) is 6.54 Å². The van der Waals surface area contributed by atoms with E-state index in [4.69, 9.17) is 0 Å². The van der Waals surface area contributed by atoms with Crippen molar-refractivity contribution in [2.24, 2.45) is 0 Å². The van der Waals surface area contributed by atoms with E-state index in [9.17, 15) is 14.3 Å². The Balaban J connectivity index is 2.50. The summed E-state index contributed by atoms with van der Waals surface area (Å²) in [5, 5.41) is 11.7. The van der Waals surface area contributed by atoms with E-state index in [0.29, 0.717) is 6.42 Å². The molecule has 1 rings (SSSR count). The van der Waals surface area contributed by atoms with Gasteiger partial charge in [-0.15, -0.1) is 0 Å². The maximum Gasteiger partial charge on any atom is 0.269 e. The summed E-state index contributed by atoms with van der Waals surface area (Å²) in [5.74, 6) is -0.900. The standard InChI is InChI=1S/C10H13FN2O2/c1-2-8(14)6-13-10(15)9-4-3-7(11)5-12-9/h3-5,8,14H,2,6H2,1H3,(H,13,15). The average molecular weight is 212 g/mol. The van der Waals surface area contributed by atoms with Crippen molar-refractivity contribution in [1.29, 1.82) is 0 Å². The van der Waals surface area contributed by atoms with E-state index in [1.165, 1.54) is 6.07 Å². The molecule has 15 heavy (non-hydrogen) atoms. The summed E-state index contributed by atoms with van der Waals surface area (Å²) in [7, 11) is 0. The molecule has 5 heteroatoms. The lowest BCUT2D eigenvalue weighted by molar-refractivity contribution is 0.0909. The number of hydrogen-bond acceptors (Lipinski definition) is 3. The number of rotatable bonds is 4. The van der Waals surface area contributed by atoms with E-state index in [2.05, 4.69) is 10.3 Å². The van der Waals surface area contributed by atoms with Gasteiger partial charge < -0.3 is 10.4 Å². The Bertz CT molecular complexity index is 327. The minimum absolute atomic E-state index is 0.139. The number of aliphatic hydroxyl groups excluding tert-OH is 1. The van der Waals surface area contributed by atoms with Crippen LogP contribution in [0, 0.1) is 5.82 Å². The molecule has 0 aromatic carbocycles. The highest BCUT2D eigenvalue weighted by Crippen LogP contribution is 1.98. The number of aliphatic hydroxyl groups is 1. The van der Waals surface area contributed by atoms with Gasteiger partial charge in [-0.05, 0) is 18.6 Å². The first-order valence-electron chi connectivity index (χ1n) is 4.71. The molecule has 0 aliphatic carbocycles. The molecule has 1 heterocycles. The molecule has 1 amide bonds. The first-order chi connectivity index (χ1) is 7.13. The smallest absolute Gasteiger partial charge is 0.269 e. The molecular formula is C10H13FN2O2. The van der Waals surface area contributed by atoms with Gasteiger partial charge in [-0.3, -0.25) is 4.79 Å². The maximum absolute atomic E-state index is 12.5. The molecule has 0 bridgehead atoms. The summed E-state index contributed by atoms with van der Waals surface area (Å²) in [6, 6.07) is 2.46. The van der Waals surface area contributed by atoms with Crippen LogP contribution in [0.15, 0.2) is 18.3 Å². The number of pyridine rings is 1. The van der Waals surface area contributed by atoms with Crippen LogP contribution >= 0.6 is 0 Å². The molecule has 1 unspecified atom stereocenters. The van der Waals surface area contributed by atoms with Crippen molar-refractivity contribution in [3.63, 3.8) is 0 Å².